The number of aliphatic carboxylic acids is 1. The van der Waals surface area contributed by atoms with Crippen LogP contribution in [0.3, 0.4) is 0 Å². The molecule has 0 radical (unpaired) electrons. The molecule has 1 aromatic heterocycles. The summed E-state index contributed by atoms with van der Waals surface area (Å²) in [6, 6.07) is 26.7. The van der Waals surface area contributed by atoms with Gasteiger partial charge in [0.1, 0.15) is 18.2 Å². The van der Waals surface area contributed by atoms with Gasteiger partial charge in [-0.15, -0.1) is 0 Å². The number of fused-ring (bicyclic) bond motifs is 1. The number of halogens is 1. The van der Waals surface area contributed by atoms with E-state index in [9.17, 15) is 14.0 Å². The summed E-state index contributed by atoms with van der Waals surface area (Å²) in [7, 11) is 0. The molecule has 3 aromatic carbocycles. The highest BCUT2D eigenvalue weighted by Gasteiger charge is 2.27. The average Bonchev–Trinajstić information content (AvgIpc) is 3.07. The highest BCUT2D eigenvalue weighted by Crippen LogP contribution is 2.35. The second-order valence-corrected chi connectivity index (χ2v) is 11.9. The maximum Gasteiger partial charge on any atom is 0.512 e. The standard InChI is InChI=1S/C38H41FN2O6/c39-31-19-17-28(18-20-31)12-11-27-13-15-29(16-14-27)26-46-35-9-2-1-6-30(35)23-25-41(24-4-3-10-37(42)43)34-8-5-7-33-32(34)21-22-36(40-33)47-38(44)45/h1-2,6,9,13-22,34H,3-5,7-8,10-12,23-26H2,(H,42,43)(H,44,45). The topological polar surface area (TPSA) is 109 Å². The van der Waals surface area contributed by atoms with E-state index >= 15 is 0 Å². The number of unbranched alkanes of at least 4 members (excludes halogenated alkanes) is 1. The Morgan fingerprint density at radius 3 is 2.26 bits per heavy atom. The van der Waals surface area contributed by atoms with Gasteiger partial charge in [0.15, 0.2) is 0 Å². The molecule has 0 saturated carbocycles. The van der Waals surface area contributed by atoms with Gasteiger partial charge in [0.25, 0.3) is 0 Å². The zero-order valence-corrected chi connectivity index (χ0v) is 26.4. The molecule has 0 amide bonds. The third kappa shape index (κ3) is 10.1. The molecule has 0 bridgehead atoms. The summed E-state index contributed by atoms with van der Waals surface area (Å²) in [5, 5.41) is 18.2. The van der Waals surface area contributed by atoms with Crippen LogP contribution in [0.25, 0.3) is 0 Å². The first-order valence-electron chi connectivity index (χ1n) is 16.2. The molecule has 8 nitrogen and oxygen atoms in total. The van der Waals surface area contributed by atoms with Crippen LogP contribution in [0.2, 0.25) is 0 Å². The number of para-hydroxylation sites is 1. The fourth-order valence-corrected chi connectivity index (χ4v) is 6.17. The number of rotatable bonds is 16. The molecule has 0 fully saturated rings. The van der Waals surface area contributed by atoms with Crippen LogP contribution in [-0.2, 0) is 37.1 Å². The summed E-state index contributed by atoms with van der Waals surface area (Å²) < 4.78 is 24.3. The fourth-order valence-electron chi connectivity index (χ4n) is 6.17. The molecule has 1 heterocycles. The van der Waals surface area contributed by atoms with Crippen molar-refractivity contribution in [3.8, 4) is 11.6 Å². The summed E-state index contributed by atoms with van der Waals surface area (Å²) in [4.78, 5) is 29.1. The number of pyridine rings is 1. The van der Waals surface area contributed by atoms with Gasteiger partial charge in [-0.05, 0) is 104 Å². The quantitative estimate of drug-likeness (QED) is 0.0943. The Labute approximate surface area is 274 Å². The molecule has 0 spiro atoms. The zero-order chi connectivity index (χ0) is 33.0. The third-order valence-electron chi connectivity index (χ3n) is 8.63. The summed E-state index contributed by atoms with van der Waals surface area (Å²) in [6.07, 6.45) is 5.17. The monoisotopic (exact) mass is 640 g/mol. The first-order chi connectivity index (χ1) is 22.8. The number of hydrogen-bond acceptors (Lipinski definition) is 6. The van der Waals surface area contributed by atoms with Gasteiger partial charge in [0.2, 0.25) is 5.88 Å². The Kier molecular flexibility index (Phi) is 11.9. The van der Waals surface area contributed by atoms with E-state index in [1.165, 1.54) is 17.7 Å². The zero-order valence-electron chi connectivity index (χ0n) is 26.4. The number of carboxylic acids is 1. The number of carboxylic acid groups (broad SMARTS) is 2. The predicted molar refractivity (Wildman–Crippen MR) is 176 cm³/mol. The first-order valence-corrected chi connectivity index (χ1v) is 16.2. The van der Waals surface area contributed by atoms with E-state index < -0.39 is 12.1 Å². The van der Waals surface area contributed by atoms with Crippen molar-refractivity contribution in [1.29, 1.82) is 0 Å². The van der Waals surface area contributed by atoms with Crippen molar-refractivity contribution in [2.45, 2.75) is 70.4 Å². The van der Waals surface area contributed by atoms with Gasteiger partial charge in [0, 0.05) is 30.8 Å². The molecular weight excluding hydrogens is 599 g/mol. The number of hydrogen-bond donors (Lipinski definition) is 2. The molecule has 1 aliphatic rings. The van der Waals surface area contributed by atoms with E-state index in [4.69, 9.17) is 19.7 Å². The van der Waals surface area contributed by atoms with Crippen LogP contribution in [0.1, 0.15) is 71.7 Å². The van der Waals surface area contributed by atoms with Gasteiger partial charge in [-0.25, -0.2) is 14.2 Å². The van der Waals surface area contributed by atoms with Crippen LogP contribution in [0.15, 0.2) is 84.9 Å². The van der Waals surface area contributed by atoms with Gasteiger partial charge >= 0.3 is 12.1 Å². The molecule has 1 unspecified atom stereocenters. The predicted octanol–water partition coefficient (Wildman–Crippen LogP) is 7.82. The lowest BCUT2D eigenvalue weighted by atomic mass is 9.89. The minimum absolute atomic E-state index is 0.0793. The molecule has 1 atom stereocenters. The highest BCUT2D eigenvalue weighted by molar-refractivity contribution is 5.66. The van der Waals surface area contributed by atoms with Crippen molar-refractivity contribution in [2.24, 2.45) is 0 Å². The average molecular weight is 641 g/mol. The Hall–Kier alpha value is -4.76. The molecule has 246 valence electrons. The van der Waals surface area contributed by atoms with Crippen molar-refractivity contribution in [1.82, 2.24) is 9.88 Å². The summed E-state index contributed by atoms with van der Waals surface area (Å²) in [5.74, 6) is -0.0984. The molecule has 0 aliphatic heterocycles. The molecule has 1 aliphatic carbocycles. The van der Waals surface area contributed by atoms with Crippen LogP contribution in [0.4, 0.5) is 9.18 Å². The van der Waals surface area contributed by atoms with Gasteiger partial charge in [-0.1, -0.05) is 60.7 Å². The minimum atomic E-state index is -1.39. The van der Waals surface area contributed by atoms with Crippen LogP contribution in [-0.4, -0.2) is 45.3 Å². The summed E-state index contributed by atoms with van der Waals surface area (Å²) in [5.41, 5.74) is 6.41. The van der Waals surface area contributed by atoms with E-state index in [1.54, 1.807) is 6.07 Å². The number of aryl methyl sites for hydroxylation is 3. The van der Waals surface area contributed by atoms with Crippen molar-refractivity contribution in [3.63, 3.8) is 0 Å². The van der Waals surface area contributed by atoms with Crippen molar-refractivity contribution >= 4 is 12.1 Å². The largest absolute Gasteiger partial charge is 0.512 e. The van der Waals surface area contributed by atoms with Crippen LogP contribution in [0, 0.1) is 5.82 Å². The number of aromatic nitrogens is 1. The maximum absolute atomic E-state index is 13.2. The van der Waals surface area contributed by atoms with E-state index in [0.29, 0.717) is 13.0 Å². The van der Waals surface area contributed by atoms with Crippen molar-refractivity contribution < 1.29 is 33.7 Å². The van der Waals surface area contributed by atoms with E-state index in [-0.39, 0.29) is 24.2 Å². The number of ether oxygens (including phenoxy) is 2. The molecule has 2 N–H and O–H groups in total. The third-order valence-corrected chi connectivity index (χ3v) is 8.63. The van der Waals surface area contributed by atoms with Crippen LogP contribution in [0.5, 0.6) is 11.6 Å². The second-order valence-electron chi connectivity index (χ2n) is 11.9. The second kappa shape index (κ2) is 16.7. The van der Waals surface area contributed by atoms with E-state index in [0.717, 1.165) is 91.7 Å². The van der Waals surface area contributed by atoms with Crippen molar-refractivity contribution in [2.75, 3.05) is 13.1 Å². The molecule has 0 saturated heterocycles. The molecular formula is C38H41FN2O6. The first kappa shape index (κ1) is 33.6. The Morgan fingerprint density at radius 2 is 1.53 bits per heavy atom. The van der Waals surface area contributed by atoms with Gasteiger partial charge in [0.05, 0.1) is 0 Å². The Balaban J connectivity index is 1.22. The lowest BCUT2D eigenvalue weighted by molar-refractivity contribution is -0.137. The molecule has 4 aromatic rings. The van der Waals surface area contributed by atoms with Crippen molar-refractivity contribution in [3.05, 3.63) is 124 Å². The van der Waals surface area contributed by atoms with Gasteiger partial charge in [-0.3, -0.25) is 9.69 Å². The minimum Gasteiger partial charge on any atom is -0.489 e. The van der Waals surface area contributed by atoms with Crippen LogP contribution < -0.4 is 9.47 Å². The lowest BCUT2D eigenvalue weighted by Gasteiger charge is -2.36. The Bertz CT molecular complexity index is 1630. The lowest BCUT2D eigenvalue weighted by Crippen LogP contribution is -2.34. The normalized spacial score (nSPS) is 14.0. The van der Waals surface area contributed by atoms with Crippen LogP contribution >= 0.6 is 0 Å². The van der Waals surface area contributed by atoms with E-state index in [2.05, 4.69) is 40.2 Å². The number of benzene rings is 3. The Morgan fingerprint density at radius 1 is 0.830 bits per heavy atom. The summed E-state index contributed by atoms with van der Waals surface area (Å²) in [6.45, 7) is 1.92. The molecule has 47 heavy (non-hydrogen) atoms. The number of nitrogens with zero attached hydrogens (tertiary/aromatic N) is 2. The maximum atomic E-state index is 13.2. The summed E-state index contributed by atoms with van der Waals surface area (Å²) >= 11 is 0. The smallest absolute Gasteiger partial charge is 0.489 e. The van der Waals surface area contributed by atoms with E-state index in [1.807, 2.05) is 36.4 Å². The van der Waals surface area contributed by atoms with Gasteiger partial charge < -0.3 is 19.7 Å². The highest BCUT2D eigenvalue weighted by atomic mass is 19.1. The molecule has 5 rings (SSSR count). The van der Waals surface area contributed by atoms with Gasteiger partial charge in [-0.2, -0.15) is 0 Å². The molecule has 9 heteroatoms. The number of carbonyl (C=O) groups is 2. The fraction of sp³-hybridized carbons (Fsp3) is 0.342. The SMILES string of the molecule is O=C(O)CCCCN(CCc1ccccc1OCc1ccc(CCc2ccc(F)cc2)cc1)C1CCCc2nc(OC(=O)O)ccc21.